The van der Waals surface area contributed by atoms with Crippen molar-refractivity contribution < 1.29 is 14.0 Å². The van der Waals surface area contributed by atoms with Crippen molar-refractivity contribution in [1.82, 2.24) is 15.0 Å². The minimum absolute atomic E-state index is 0.258. The third-order valence-electron chi connectivity index (χ3n) is 5.71. The molecule has 1 aromatic carbocycles. The fourth-order valence-electron chi connectivity index (χ4n) is 4.36. The predicted molar refractivity (Wildman–Crippen MR) is 98.4 cm³/mol. The summed E-state index contributed by atoms with van der Waals surface area (Å²) >= 11 is 0. The molecular formula is C20H27N3O3. The van der Waals surface area contributed by atoms with Gasteiger partial charge in [-0.3, -0.25) is 4.90 Å². The zero-order chi connectivity index (χ0) is 17.9. The van der Waals surface area contributed by atoms with Crippen LogP contribution in [-0.4, -0.2) is 41.8 Å². The SMILES string of the molecule is COc1ccc(-c2noc(C3CCCCN3C3CCCC3)n2)cc1OC. The molecule has 0 spiro atoms. The Morgan fingerprint density at radius 1 is 1.00 bits per heavy atom. The Hall–Kier alpha value is -2.08. The zero-order valence-electron chi connectivity index (χ0n) is 15.6. The molecule has 6 nitrogen and oxygen atoms in total. The Bertz CT molecular complexity index is 740. The molecular weight excluding hydrogens is 330 g/mol. The Kier molecular flexibility index (Phi) is 5.11. The molecule has 0 radical (unpaired) electrons. The summed E-state index contributed by atoms with van der Waals surface area (Å²) in [6, 6.07) is 6.63. The number of aromatic nitrogens is 2. The summed E-state index contributed by atoms with van der Waals surface area (Å²) in [6.07, 6.45) is 8.87. The van der Waals surface area contributed by atoms with Gasteiger partial charge in [0, 0.05) is 11.6 Å². The Morgan fingerprint density at radius 3 is 2.54 bits per heavy atom. The second kappa shape index (κ2) is 7.66. The highest BCUT2D eigenvalue weighted by Gasteiger charge is 2.34. The third kappa shape index (κ3) is 3.30. The van der Waals surface area contributed by atoms with Gasteiger partial charge in [0.2, 0.25) is 11.7 Å². The van der Waals surface area contributed by atoms with Crippen molar-refractivity contribution in [3.8, 4) is 22.9 Å². The lowest BCUT2D eigenvalue weighted by Gasteiger charge is -2.37. The molecule has 26 heavy (non-hydrogen) atoms. The van der Waals surface area contributed by atoms with Gasteiger partial charge in [-0.15, -0.1) is 0 Å². The van der Waals surface area contributed by atoms with Crippen LogP contribution in [0.2, 0.25) is 0 Å². The maximum atomic E-state index is 5.70. The molecule has 140 valence electrons. The van der Waals surface area contributed by atoms with Crippen LogP contribution in [-0.2, 0) is 0 Å². The molecule has 2 aliphatic rings. The fraction of sp³-hybridized carbons (Fsp3) is 0.600. The van der Waals surface area contributed by atoms with Crippen LogP contribution in [0.4, 0.5) is 0 Å². The first-order valence-corrected chi connectivity index (χ1v) is 9.62. The maximum Gasteiger partial charge on any atom is 0.244 e. The number of methoxy groups -OCH3 is 2. The summed E-state index contributed by atoms with van der Waals surface area (Å²) in [6.45, 7) is 1.14. The monoisotopic (exact) mass is 357 g/mol. The Morgan fingerprint density at radius 2 is 1.77 bits per heavy atom. The number of ether oxygens (including phenoxy) is 2. The summed E-state index contributed by atoms with van der Waals surface area (Å²) in [4.78, 5) is 7.35. The van der Waals surface area contributed by atoms with E-state index in [4.69, 9.17) is 19.0 Å². The molecule has 1 aliphatic carbocycles. The highest BCUT2D eigenvalue weighted by atomic mass is 16.5. The van der Waals surface area contributed by atoms with Crippen molar-refractivity contribution >= 4 is 0 Å². The van der Waals surface area contributed by atoms with Crippen molar-refractivity contribution in [1.29, 1.82) is 0 Å². The van der Waals surface area contributed by atoms with Crippen molar-refractivity contribution in [3.63, 3.8) is 0 Å². The van der Waals surface area contributed by atoms with Crippen LogP contribution in [0.3, 0.4) is 0 Å². The molecule has 1 aromatic heterocycles. The van der Waals surface area contributed by atoms with E-state index in [1.807, 2.05) is 18.2 Å². The minimum atomic E-state index is 0.258. The molecule has 0 N–H and O–H groups in total. The predicted octanol–water partition coefficient (Wildman–Crippen LogP) is 4.22. The van der Waals surface area contributed by atoms with E-state index in [-0.39, 0.29) is 6.04 Å². The molecule has 2 fully saturated rings. The van der Waals surface area contributed by atoms with Gasteiger partial charge in [-0.25, -0.2) is 0 Å². The van der Waals surface area contributed by atoms with Crippen LogP contribution in [0, 0.1) is 0 Å². The molecule has 4 rings (SSSR count). The zero-order valence-corrected chi connectivity index (χ0v) is 15.6. The van der Waals surface area contributed by atoms with Crippen LogP contribution < -0.4 is 9.47 Å². The molecule has 1 saturated heterocycles. The van der Waals surface area contributed by atoms with Crippen LogP contribution in [0.5, 0.6) is 11.5 Å². The van der Waals surface area contributed by atoms with Crippen molar-refractivity contribution in [3.05, 3.63) is 24.1 Å². The average Bonchev–Trinajstić information content (AvgIpc) is 3.39. The van der Waals surface area contributed by atoms with Gasteiger partial charge in [-0.2, -0.15) is 4.98 Å². The van der Waals surface area contributed by atoms with Crippen molar-refractivity contribution in [2.24, 2.45) is 0 Å². The highest BCUT2D eigenvalue weighted by Crippen LogP contribution is 2.37. The van der Waals surface area contributed by atoms with E-state index >= 15 is 0 Å². The largest absolute Gasteiger partial charge is 0.493 e. The van der Waals surface area contributed by atoms with E-state index < -0.39 is 0 Å². The van der Waals surface area contributed by atoms with Crippen LogP contribution in [0.25, 0.3) is 11.4 Å². The summed E-state index contributed by atoms with van der Waals surface area (Å²) < 4.78 is 16.4. The van der Waals surface area contributed by atoms with Gasteiger partial charge in [0.25, 0.3) is 0 Å². The van der Waals surface area contributed by atoms with Gasteiger partial charge in [-0.1, -0.05) is 24.4 Å². The average molecular weight is 357 g/mol. The summed E-state index contributed by atoms with van der Waals surface area (Å²) in [5.74, 6) is 2.72. The first-order valence-electron chi connectivity index (χ1n) is 9.62. The normalized spacial score (nSPS) is 21.8. The van der Waals surface area contributed by atoms with Crippen molar-refractivity contribution in [2.75, 3.05) is 20.8 Å². The summed E-state index contributed by atoms with van der Waals surface area (Å²) in [5, 5.41) is 4.24. The topological polar surface area (TPSA) is 60.6 Å². The molecule has 2 aromatic rings. The molecule has 1 aliphatic heterocycles. The lowest BCUT2D eigenvalue weighted by molar-refractivity contribution is 0.0748. The van der Waals surface area contributed by atoms with Crippen molar-refractivity contribution in [2.45, 2.75) is 57.0 Å². The van der Waals surface area contributed by atoms with Crippen LogP contribution in [0.15, 0.2) is 22.7 Å². The third-order valence-corrected chi connectivity index (χ3v) is 5.71. The number of rotatable bonds is 5. The second-order valence-electron chi connectivity index (χ2n) is 7.21. The molecule has 1 unspecified atom stereocenters. The minimum Gasteiger partial charge on any atom is -0.493 e. The lowest BCUT2D eigenvalue weighted by Crippen LogP contribution is -2.40. The van der Waals surface area contributed by atoms with Crippen LogP contribution >= 0.6 is 0 Å². The Balaban J connectivity index is 1.58. The number of nitrogens with zero attached hydrogens (tertiary/aromatic N) is 3. The van der Waals surface area contributed by atoms with Gasteiger partial charge in [-0.05, 0) is 50.4 Å². The molecule has 0 amide bonds. The number of likely N-dealkylation sites (tertiary alicyclic amines) is 1. The number of benzene rings is 1. The van der Waals surface area contributed by atoms with Gasteiger partial charge >= 0.3 is 0 Å². The highest BCUT2D eigenvalue weighted by molar-refractivity contribution is 5.60. The second-order valence-corrected chi connectivity index (χ2v) is 7.21. The van der Waals surface area contributed by atoms with Gasteiger partial charge < -0.3 is 14.0 Å². The van der Waals surface area contributed by atoms with E-state index in [9.17, 15) is 0 Å². The fourth-order valence-corrected chi connectivity index (χ4v) is 4.36. The van der Waals surface area contributed by atoms with E-state index in [1.165, 1.54) is 38.5 Å². The van der Waals surface area contributed by atoms with E-state index in [0.29, 0.717) is 23.4 Å². The maximum absolute atomic E-state index is 5.70. The van der Waals surface area contributed by atoms with Gasteiger partial charge in [0.15, 0.2) is 11.5 Å². The standard InChI is InChI=1S/C20H27N3O3/c1-24-17-11-10-14(13-18(17)25-2)19-21-20(26-22-19)16-9-5-6-12-23(16)15-7-3-4-8-15/h10-11,13,15-16H,3-9,12H2,1-2H3. The van der Waals surface area contributed by atoms with Gasteiger partial charge in [0.05, 0.1) is 20.3 Å². The van der Waals surface area contributed by atoms with E-state index in [0.717, 1.165) is 24.4 Å². The molecule has 6 heteroatoms. The first-order chi connectivity index (χ1) is 12.8. The number of hydrogen-bond donors (Lipinski definition) is 0. The quantitative estimate of drug-likeness (QED) is 0.798. The van der Waals surface area contributed by atoms with Gasteiger partial charge in [0.1, 0.15) is 0 Å². The first kappa shape index (κ1) is 17.3. The van der Waals surface area contributed by atoms with Crippen LogP contribution in [0.1, 0.15) is 56.9 Å². The smallest absolute Gasteiger partial charge is 0.244 e. The Labute approximate surface area is 154 Å². The van der Waals surface area contributed by atoms with E-state index in [1.54, 1.807) is 14.2 Å². The summed E-state index contributed by atoms with van der Waals surface area (Å²) in [5.41, 5.74) is 0.876. The van der Waals surface area contributed by atoms with E-state index in [2.05, 4.69) is 10.1 Å². The molecule has 0 bridgehead atoms. The molecule has 1 saturated carbocycles. The lowest BCUT2D eigenvalue weighted by atomic mass is 9.99. The molecule has 1 atom stereocenters. The summed E-state index contributed by atoms with van der Waals surface area (Å²) in [7, 11) is 3.26. The number of hydrogen-bond acceptors (Lipinski definition) is 6. The molecule has 2 heterocycles. The number of piperidine rings is 1.